The molecule has 1 aromatic rings. The fraction of sp³-hybridized carbons (Fsp3) is 0.667. The Morgan fingerprint density at radius 2 is 1.77 bits per heavy atom. The number of benzene rings is 1. The molecule has 0 radical (unpaired) electrons. The molecule has 0 aromatic heterocycles. The van der Waals surface area contributed by atoms with Crippen LogP contribution in [0.4, 0.5) is 5.69 Å². The van der Waals surface area contributed by atoms with Gasteiger partial charge in [0.2, 0.25) is 5.91 Å². The Bertz CT molecular complexity index is 725. The van der Waals surface area contributed by atoms with E-state index in [0.29, 0.717) is 6.04 Å². The van der Waals surface area contributed by atoms with E-state index >= 15 is 0 Å². The van der Waals surface area contributed by atoms with Gasteiger partial charge >= 0.3 is 0 Å². The van der Waals surface area contributed by atoms with Crippen molar-refractivity contribution >= 4 is 17.6 Å². The van der Waals surface area contributed by atoms with E-state index in [1.54, 1.807) is 0 Å². The van der Waals surface area contributed by atoms with Gasteiger partial charge in [-0.25, -0.2) is 4.99 Å². The van der Waals surface area contributed by atoms with Gasteiger partial charge in [0.25, 0.3) is 0 Å². The van der Waals surface area contributed by atoms with Crippen molar-refractivity contribution in [1.29, 1.82) is 0 Å². The first-order valence-electron chi connectivity index (χ1n) is 12.1. The summed E-state index contributed by atoms with van der Waals surface area (Å²) in [4.78, 5) is 24.3. The number of nitrogens with zero attached hydrogens (tertiary/aromatic N) is 4. The topological polar surface area (TPSA) is 63.2 Å². The van der Waals surface area contributed by atoms with Crippen molar-refractivity contribution in [2.75, 3.05) is 57.3 Å². The number of carbonyl (C=O) groups excluding carboxylic acids is 1. The molecule has 4 rings (SSSR count). The molecule has 3 fully saturated rings. The monoisotopic (exact) mass is 426 g/mol. The highest BCUT2D eigenvalue weighted by molar-refractivity contribution is 5.85. The van der Waals surface area contributed by atoms with Crippen LogP contribution in [0, 0.1) is 0 Å². The minimum absolute atomic E-state index is 0.115. The molecule has 2 heterocycles. The fourth-order valence-corrected chi connectivity index (χ4v) is 5.12. The number of rotatable bonds is 6. The largest absolute Gasteiger partial charge is 0.368 e. The second kappa shape index (κ2) is 10.8. The Morgan fingerprint density at radius 3 is 2.48 bits per heavy atom. The van der Waals surface area contributed by atoms with E-state index in [-0.39, 0.29) is 12.5 Å². The minimum atomic E-state index is 0.115. The number of likely N-dealkylation sites (tertiary alicyclic amines) is 1. The van der Waals surface area contributed by atoms with E-state index in [9.17, 15) is 4.79 Å². The molecule has 0 spiro atoms. The van der Waals surface area contributed by atoms with E-state index in [4.69, 9.17) is 0 Å². The van der Waals surface area contributed by atoms with Gasteiger partial charge in [-0.1, -0.05) is 31.0 Å². The van der Waals surface area contributed by atoms with Gasteiger partial charge in [-0.3, -0.25) is 9.69 Å². The van der Waals surface area contributed by atoms with Gasteiger partial charge in [0, 0.05) is 63.6 Å². The maximum atomic E-state index is 12.7. The molecule has 31 heavy (non-hydrogen) atoms. The average molecular weight is 427 g/mol. The van der Waals surface area contributed by atoms with Crippen LogP contribution in [0.2, 0.25) is 0 Å². The fourth-order valence-electron chi connectivity index (χ4n) is 5.12. The van der Waals surface area contributed by atoms with Gasteiger partial charge in [0.1, 0.15) is 6.54 Å². The third kappa shape index (κ3) is 5.91. The second-order valence-electron chi connectivity index (χ2n) is 8.96. The summed E-state index contributed by atoms with van der Waals surface area (Å²) < 4.78 is 0. The lowest BCUT2D eigenvalue weighted by molar-refractivity contribution is -0.129. The molecule has 1 unspecified atom stereocenters. The summed E-state index contributed by atoms with van der Waals surface area (Å²) >= 11 is 0. The molecule has 3 aliphatic rings. The Labute approximate surface area is 186 Å². The van der Waals surface area contributed by atoms with Gasteiger partial charge in [-0.2, -0.15) is 0 Å². The first-order chi connectivity index (χ1) is 15.2. The van der Waals surface area contributed by atoms with Crippen LogP contribution in [0.15, 0.2) is 35.3 Å². The lowest BCUT2D eigenvalue weighted by Gasteiger charge is -2.36. The average Bonchev–Trinajstić information content (AvgIpc) is 3.50. The van der Waals surface area contributed by atoms with Crippen LogP contribution in [-0.2, 0) is 4.79 Å². The van der Waals surface area contributed by atoms with Crippen LogP contribution in [0.25, 0.3) is 0 Å². The van der Waals surface area contributed by atoms with E-state index in [1.165, 1.54) is 37.9 Å². The highest BCUT2D eigenvalue weighted by Crippen LogP contribution is 2.26. The maximum Gasteiger partial charge on any atom is 0.244 e. The van der Waals surface area contributed by atoms with Crippen LogP contribution in [0.5, 0.6) is 0 Å². The molecule has 7 nitrogen and oxygen atoms in total. The van der Waals surface area contributed by atoms with E-state index in [1.807, 2.05) is 11.0 Å². The Hall–Kier alpha value is -2.28. The zero-order valence-electron chi connectivity index (χ0n) is 18.9. The molecular weight excluding hydrogens is 388 g/mol. The number of guanidine groups is 1. The normalized spacial score (nSPS) is 23.4. The summed E-state index contributed by atoms with van der Waals surface area (Å²) in [5.74, 6) is 0.890. The third-order valence-electron chi connectivity index (χ3n) is 6.87. The Morgan fingerprint density at radius 1 is 1.03 bits per heavy atom. The zero-order valence-corrected chi connectivity index (χ0v) is 18.9. The summed E-state index contributed by atoms with van der Waals surface area (Å²) in [7, 11) is 0. The van der Waals surface area contributed by atoms with E-state index < -0.39 is 0 Å². The quantitative estimate of drug-likeness (QED) is 0.537. The third-order valence-corrected chi connectivity index (χ3v) is 6.87. The number of carbonyl (C=O) groups is 1. The van der Waals surface area contributed by atoms with Crippen LogP contribution >= 0.6 is 0 Å². The number of aliphatic imine (C=N–C) groups is 1. The lowest BCUT2D eigenvalue weighted by atomic mass is 10.2. The second-order valence-corrected chi connectivity index (χ2v) is 8.96. The highest BCUT2D eigenvalue weighted by Gasteiger charge is 2.30. The number of para-hydroxylation sites is 1. The van der Waals surface area contributed by atoms with Crippen molar-refractivity contribution in [3.05, 3.63) is 30.3 Å². The highest BCUT2D eigenvalue weighted by atomic mass is 16.2. The van der Waals surface area contributed by atoms with Crippen LogP contribution < -0.4 is 15.5 Å². The molecule has 170 valence electrons. The van der Waals surface area contributed by atoms with Crippen molar-refractivity contribution in [1.82, 2.24) is 20.4 Å². The first-order valence-corrected chi connectivity index (χ1v) is 12.1. The molecule has 1 atom stereocenters. The van der Waals surface area contributed by atoms with Gasteiger partial charge in [-0.05, 0) is 38.3 Å². The molecule has 1 aromatic carbocycles. The van der Waals surface area contributed by atoms with Crippen LogP contribution in [-0.4, -0.2) is 86.1 Å². The number of amides is 1. The number of hydrogen-bond donors (Lipinski definition) is 2. The summed E-state index contributed by atoms with van der Waals surface area (Å²) in [5, 5.41) is 6.90. The summed E-state index contributed by atoms with van der Waals surface area (Å²) in [6, 6.07) is 11.6. The number of piperazine rings is 1. The number of nitrogens with one attached hydrogen (secondary N) is 2. The predicted molar refractivity (Wildman–Crippen MR) is 127 cm³/mol. The van der Waals surface area contributed by atoms with Crippen molar-refractivity contribution in [2.45, 2.75) is 51.1 Å². The molecule has 7 heteroatoms. The number of anilines is 1. The molecule has 2 aliphatic heterocycles. The van der Waals surface area contributed by atoms with Gasteiger partial charge in [0.15, 0.2) is 5.96 Å². The summed E-state index contributed by atoms with van der Waals surface area (Å²) in [6.07, 6.45) is 6.62. The van der Waals surface area contributed by atoms with Crippen molar-refractivity contribution < 1.29 is 4.79 Å². The minimum Gasteiger partial charge on any atom is -0.368 e. The van der Waals surface area contributed by atoms with E-state index in [0.717, 1.165) is 57.7 Å². The SMILES string of the molecule is CCNC(=NCC(=O)N1CCN(c2ccccc2)CC1)NC1CCN(C2CCCC2)C1. The van der Waals surface area contributed by atoms with Crippen LogP contribution in [0.3, 0.4) is 0 Å². The van der Waals surface area contributed by atoms with E-state index in [2.05, 4.69) is 56.6 Å². The van der Waals surface area contributed by atoms with Gasteiger partial charge in [0.05, 0.1) is 0 Å². The standard InChI is InChI=1S/C24H38N6O/c1-2-25-24(27-20-12-13-30(19-20)22-10-6-7-11-22)26-18-23(31)29-16-14-28(15-17-29)21-8-4-3-5-9-21/h3-5,8-9,20,22H,2,6-7,10-19H2,1H3,(H2,25,26,27). The van der Waals surface area contributed by atoms with Crippen molar-refractivity contribution in [2.24, 2.45) is 4.99 Å². The summed E-state index contributed by atoms with van der Waals surface area (Å²) in [5.41, 5.74) is 1.23. The molecule has 1 aliphatic carbocycles. The van der Waals surface area contributed by atoms with Crippen molar-refractivity contribution in [3.63, 3.8) is 0 Å². The zero-order chi connectivity index (χ0) is 21.5. The summed E-state index contributed by atoms with van der Waals surface area (Å²) in [6.45, 7) is 8.60. The first kappa shape index (κ1) is 21.9. The van der Waals surface area contributed by atoms with Gasteiger partial charge in [-0.15, -0.1) is 0 Å². The molecule has 2 saturated heterocycles. The van der Waals surface area contributed by atoms with Crippen molar-refractivity contribution in [3.8, 4) is 0 Å². The van der Waals surface area contributed by atoms with Crippen LogP contribution in [0.1, 0.15) is 39.0 Å². The van der Waals surface area contributed by atoms with Gasteiger partial charge < -0.3 is 20.4 Å². The predicted octanol–water partition coefficient (Wildman–Crippen LogP) is 1.91. The molecule has 1 amide bonds. The molecular formula is C24H38N6O. The molecule has 2 N–H and O–H groups in total. The molecule has 0 bridgehead atoms. The maximum absolute atomic E-state index is 12.7. The smallest absolute Gasteiger partial charge is 0.244 e. The Balaban J connectivity index is 1.24. The number of hydrogen-bond acceptors (Lipinski definition) is 4. The lowest BCUT2D eigenvalue weighted by Crippen LogP contribution is -2.50. The molecule has 1 saturated carbocycles. The Kier molecular flexibility index (Phi) is 7.67.